The summed E-state index contributed by atoms with van der Waals surface area (Å²) in [5.74, 6) is 3.01. The molecule has 0 spiro atoms. The van der Waals surface area contributed by atoms with E-state index in [4.69, 9.17) is 4.74 Å². The fourth-order valence-corrected chi connectivity index (χ4v) is 3.11. The van der Waals surface area contributed by atoms with E-state index in [1.54, 1.807) is 0 Å². The zero-order chi connectivity index (χ0) is 14.5. The number of anilines is 1. The van der Waals surface area contributed by atoms with Gasteiger partial charge in [0, 0.05) is 6.04 Å². The highest BCUT2D eigenvalue weighted by atomic mass is 16.5. The Hall–Kier alpha value is -1.18. The molecule has 0 saturated heterocycles. The van der Waals surface area contributed by atoms with Crippen molar-refractivity contribution >= 4 is 5.69 Å². The molecule has 0 aromatic heterocycles. The van der Waals surface area contributed by atoms with Crippen LogP contribution in [0.5, 0.6) is 5.75 Å². The van der Waals surface area contributed by atoms with Crippen LogP contribution in [0.4, 0.5) is 5.69 Å². The quantitative estimate of drug-likeness (QED) is 0.820. The fraction of sp³-hybridized carbons (Fsp3) is 0.667. The molecule has 112 valence electrons. The Labute approximate surface area is 123 Å². The molecule has 1 N–H and O–H groups in total. The lowest BCUT2D eigenvalue weighted by molar-refractivity contribution is 0.260. The van der Waals surface area contributed by atoms with Gasteiger partial charge in [0.2, 0.25) is 0 Å². The van der Waals surface area contributed by atoms with Crippen LogP contribution >= 0.6 is 0 Å². The second-order valence-corrected chi connectivity index (χ2v) is 6.76. The third-order valence-corrected chi connectivity index (χ3v) is 4.33. The number of para-hydroxylation sites is 2. The average molecular weight is 275 g/mol. The first-order valence-electron chi connectivity index (χ1n) is 8.06. The molecule has 2 heteroatoms. The molecule has 0 amide bonds. The van der Waals surface area contributed by atoms with E-state index in [2.05, 4.69) is 57.3 Å². The molecule has 0 bridgehead atoms. The van der Waals surface area contributed by atoms with Crippen LogP contribution in [0.2, 0.25) is 0 Å². The molecule has 2 unspecified atom stereocenters. The third-order valence-electron chi connectivity index (χ3n) is 4.33. The van der Waals surface area contributed by atoms with E-state index in [1.807, 2.05) is 0 Å². The average Bonchev–Trinajstić information content (AvgIpc) is 2.42. The summed E-state index contributed by atoms with van der Waals surface area (Å²) in [6.45, 7) is 9.87. The van der Waals surface area contributed by atoms with Gasteiger partial charge in [-0.05, 0) is 42.7 Å². The van der Waals surface area contributed by atoms with E-state index in [0.717, 1.165) is 29.9 Å². The van der Waals surface area contributed by atoms with Gasteiger partial charge in [0.05, 0.1) is 12.3 Å². The monoisotopic (exact) mass is 275 g/mol. The molecule has 2 nitrogen and oxygen atoms in total. The van der Waals surface area contributed by atoms with Crippen LogP contribution in [-0.4, -0.2) is 12.6 Å². The Balaban J connectivity index is 2.07. The molecule has 2 atom stereocenters. The van der Waals surface area contributed by atoms with Crippen LogP contribution in [0.3, 0.4) is 0 Å². The number of hydrogen-bond donors (Lipinski definition) is 1. The van der Waals surface area contributed by atoms with Crippen molar-refractivity contribution in [2.75, 3.05) is 11.9 Å². The van der Waals surface area contributed by atoms with Gasteiger partial charge in [-0.2, -0.15) is 0 Å². The van der Waals surface area contributed by atoms with Crippen LogP contribution in [0, 0.1) is 17.8 Å². The summed E-state index contributed by atoms with van der Waals surface area (Å²) in [6.07, 6.45) is 4.03. The van der Waals surface area contributed by atoms with Gasteiger partial charge in [-0.25, -0.2) is 0 Å². The SMILES string of the molecule is CC(C)COc1ccccc1NC1C(C)CCCC1C. The summed E-state index contributed by atoms with van der Waals surface area (Å²) in [7, 11) is 0. The van der Waals surface area contributed by atoms with Crippen molar-refractivity contribution in [2.24, 2.45) is 17.8 Å². The highest BCUT2D eigenvalue weighted by Gasteiger charge is 2.28. The van der Waals surface area contributed by atoms with Crippen molar-refractivity contribution in [1.82, 2.24) is 0 Å². The molecule has 1 aliphatic rings. The summed E-state index contributed by atoms with van der Waals surface area (Å²) in [6, 6.07) is 8.91. The van der Waals surface area contributed by atoms with Crippen LogP contribution in [0.25, 0.3) is 0 Å². The Bertz CT molecular complexity index is 406. The molecule has 1 aromatic rings. The normalized spacial score (nSPS) is 26.6. The second kappa shape index (κ2) is 7.01. The highest BCUT2D eigenvalue weighted by Crippen LogP contribution is 2.34. The Morgan fingerprint density at radius 2 is 1.80 bits per heavy atom. The molecule has 20 heavy (non-hydrogen) atoms. The number of rotatable bonds is 5. The fourth-order valence-electron chi connectivity index (χ4n) is 3.11. The van der Waals surface area contributed by atoms with Gasteiger partial charge in [0.15, 0.2) is 0 Å². The van der Waals surface area contributed by atoms with Crippen molar-refractivity contribution < 1.29 is 4.74 Å². The summed E-state index contributed by atoms with van der Waals surface area (Å²) in [5, 5.41) is 3.75. The molecule has 1 aromatic carbocycles. The molecule has 1 fully saturated rings. The maximum absolute atomic E-state index is 5.95. The molecule has 1 saturated carbocycles. The smallest absolute Gasteiger partial charge is 0.142 e. The number of ether oxygens (including phenoxy) is 1. The molecular formula is C18H29NO. The highest BCUT2D eigenvalue weighted by molar-refractivity contribution is 5.57. The lowest BCUT2D eigenvalue weighted by atomic mass is 9.78. The van der Waals surface area contributed by atoms with Gasteiger partial charge in [-0.1, -0.05) is 46.2 Å². The van der Waals surface area contributed by atoms with Crippen molar-refractivity contribution in [3.63, 3.8) is 0 Å². The maximum atomic E-state index is 5.95. The number of nitrogens with one attached hydrogen (secondary N) is 1. The van der Waals surface area contributed by atoms with Crippen molar-refractivity contribution in [3.8, 4) is 5.75 Å². The maximum Gasteiger partial charge on any atom is 0.142 e. The minimum Gasteiger partial charge on any atom is -0.491 e. The third kappa shape index (κ3) is 3.91. The van der Waals surface area contributed by atoms with Crippen LogP contribution in [0.15, 0.2) is 24.3 Å². The van der Waals surface area contributed by atoms with Gasteiger partial charge >= 0.3 is 0 Å². The van der Waals surface area contributed by atoms with E-state index < -0.39 is 0 Å². The van der Waals surface area contributed by atoms with E-state index >= 15 is 0 Å². The summed E-state index contributed by atoms with van der Waals surface area (Å²) >= 11 is 0. The zero-order valence-corrected chi connectivity index (χ0v) is 13.4. The first-order chi connectivity index (χ1) is 9.58. The first-order valence-corrected chi connectivity index (χ1v) is 8.06. The van der Waals surface area contributed by atoms with Crippen LogP contribution in [0.1, 0.15) is 47.0 Å². The lowest BCUT2D eigenvalue weighted by Gasteiger charge is -2.36. The lowest BCUT2D eigenvalue weighted by Crippen LogP contribution is -2.37. The predicted octanol–water partition coefficient (Wildman–Crippen LogP) is 4.96. The topological polar surface area (TPSA) is 21.3 Å². The zero-order valence-electron chi connectivity index (χ0n) is 13.4. The minimum atomic E-state index is 0.551. The predicted molar refractivity (Wildman–Crippen MR) is 86.4 cm³/mol. The van der Waals surface area contributed by atoms with Gasteiger partial charge in [0.25, 0.3) is 0 Å². The molecule has 2 rings (SSSR count). The van der Waals surface area contributed by atoms with Crippen molar-refractivity contribution in [2.45, 2.75) is 53.0 Å². The number of benzene rings is 1. The van der Waals surface area contributed by atoms with Crippen molar-refractivity contribution in [1.29, 1.82) is 0 Å². The molecule has 0 radical (unpaired) electrons. The Morgan fingerprint density at radius 1 is 1.15 bits per heavy atom. The van der Waals surface area contributed by atoms with E-state index in [9.17, 15) is 0 Å². The van der Waals surface area contributed by atoms with Gasteiger partial charge in [0.1, 0.15) is 5.75 Å². The first kappa shape index (κ1) is 15.2. The Morgan fingerprint density at radius 3 is 2.45 bits per heavy atom. The molecule has 1 aliphatic carbocycles. The van der Waals surface area contributed by atoms with E-state index in [-0.39, 0.29) is 0 Å². The molecule has 0 heterocycles. The van der Waals surface area contributed by atoms with Gasteiger partial charge in [-0.3, -0.25) is 0 Å². The van der Waals surface area contributed by atoms with Gasteiger partial charge < -0.3 is 10.1 Å². The Kier molecular flexibility index (Phi) is 5.33. The summed E-state index contributed by atoms with van der Waals surface area (Å²) in [5.41, 5.74) is 1.15. The summed E-state index contributed by atoms with van der Waals surface area (Å²) < 4.78 is 5.95. The largest absolute Gasteiger partial charge is 0.491 e. The standard InChI is InChI=1S/C18H29NO/c1-13(2)12-20-17-11-6-5-10-16(17)19-18-14(3)8-7-9-15(18)4/h5-6,10-11,13-15,18-19H,7-9,12H2,1-4H3. The molecule has 0 aliphatic heterocycles. The van der Waals surface area contributed by atoms with E-state index in [1.165, 1.54) is 19.3 Å². The number of hydrogen-bond acceptors (Lipinski definition) is 2. The second-order valence-electron chi connectivity index (χ2n) is 6.76. The summed E-state index contributed by atoms with van der Waals surface area (Å²) in [4.78, 5) is 0. The minimum absolute atomic E-state index is 0.551. The molecular weight excluding hydrogens is 246 g/mol. The van der Waals surface area contributed by atoms with Crippen molar-refractivity contribution in [3.05, 3.63) is 24.3 Å². The van der Waals surface area contributed by atoms with Crippen LogP contribution in [-0.2, 0) is 0 Å². The van der Waals surface area contributed by atoms with E-state index in [0.29, 0.717) is 12.0 Å². The van der Waals surface area contributed by atoms with Crippen LogP contribution < -0.4 is 10.1 Å². The van der Waals surface area contributed by atoms with Gasteiger partial charge in [-0.15, -0.1) is 0 Å².